The van der Waals surface area contributed by atoms with Gasteiger partial charge in [-0.1, -0.05) is 13.8 Å². The first kappa shape index (κ1) is 19.3. The van der Waals surface area contributed by atoms with Gasteiger partial charge in [0.25, 0.3) is 5.69 Å². The quantitative estimate of drug-likeness (QED) is 0.242. The van der Waals surface area contributed by atoms with E-state index < -0.39 is 13.2 Å². The van der Waals surface area contributed by atoms with Crippen molar-refractivity contribution in [2.75, 3.05) is 6.61 Å². The molecule has 128 valence electrons. The number of unbranched alkanes of at least 4 members (excludes halogenated alkanes) is 1. The summed E-state index contributed by atoms with van der Waals surface area (Å²) in [6.07, 6.45) is 3.13. The second kappa shape index (κ2) is 7.70. The lowest BCUT2D eigenvalue weighted by Gasteiger charge is -2.35. The first-order valence-corrected chi connectivity index (χ1v) is 10.6. The summed E-state index contributed by atoms with van der Waals surface area (Å²) in [5.41, 5.74) is -0.203. The van der Waals surface area contributed by atoms with Gasteiger partial charge in [-0.05, 0) is 49.5 Å². The van der Waals surface area contributed by atoms with E-state index in [4.69, 9.17) is 4.74 Å². The Kier molecular flexibility index (Phi) is 6.46. The van der Waals surface area contributed by atoms with Crippen LogP contribution in [0, 0.1) is 10.1 Å². The van der Waals surface area contributed by atoms with Gasteiger partial charge in [0.2, 0.25) is 0 Å². The number of rotatable bonds is 9. The lowest BCUT2D eigenvalue weighted by Crippen LogP contribution is -2.38. The van der Waals surface area contributed by atoms with E-state index in [1.54, 1.807) is 0 Å². The summed E-state index contributed by atoms with van der Waals surface area (Å²) >= 11 is 0. The van der Waals surface area contributed by atoms with Crippen molar-refractivity contribution in [3.63, 3.8) is 0 Å². The van der Waals surface area contributed by atoms with Crippen LogP contribution in [0.4, 0.5) is 5.69 Å². The first-order valence-electron chi connectivity index (χ1n) is 7.67. The highest BCUT2D eigenvalue weighted by molar-refractivity contribution is 6.72. The highest BCUT2D eigenvalue weighted by Crippen LogP contribution is 2.40. The summed E-state index contributed by atoms with van der Waals surface area (Å²) < 4.78 is 5.55. The van der Waals surface area contributed by atoms with Crippen LogP contribution in [-0.2, 0) is 0 Å². The van der Waals surface area contributed by atoms with Gasteiger partial charge >= 0.3 is 0 Å². The predicted molar refractivity (Wildman–Crippen MR) is 91.6 cm³/mol. The van der Waals surface area contributed by atoms with Gasteiger partial charge in [-0.25, -0.2) is 0 Å². The SMILES string of the molecule is CC(C)(CCCCOc1ccc([N+](=O)[O-])c(C=O)c1)[Si](C)(C)O. The maximum Gasteiger partial charge on any atom is 0.280 e. The van der Waals surface area contributed by atoms with Gasteiger partial charge in [0, 0.05) is 6.07 Å². The number of nitro groups is 1. The van der Waals surface area contributed by atoms with Crippen molar-refractivity contribution in [1.29, 1.82) is 0 Å². The lowest BCUT2D eigenvalue weighted by molar-refractivity contribution is -0.385. The molecule has 1 aromatic carbocycles. The van der Waals surface area contributed by atoms with Crippen LogP contribution in [-0.4, -0.2) is 30.9 Å². The van der Waals surface area contributed by atoms with Crippen LogP contribution in [0.2, 0.25) is 18.1 Å². The van der Waals surface area contributed by atoms with Crippen molar-refractivity contribution >= 4 is 20.3 Å². The van der Waals surface area contributed by atoms with E-state index in [2.05, 4.69) is 13.8 Å². The molecular formula is C16H25NO5Si. The molecule has 0 bridgehead atoms. The molecule has 0 aliphatic heterocycles. The smallest absolute Gasteiger partial charge is 0.280 e. The molecule has 0 heterocycles. The lowest BCUT2D eigenvalue weighted by atomic mass is 10.1. The second-order valence-corrected chi connectivity index (χ2v) is 11.3. The Labute approximate surface area is 137 Å². The highest BCUT2D eigenvalue weighted by Gasteiger charge is 2.37. The zero-order chi connectivity index (χ0) is 17.7. The number of hydrogen-bond acceptors (Lipinski definition) is 5. The molecule has 1 rings (SSSR count). The number of ether oxygens (including phenoxy) is 1. The molecular weight excluding hydrogens is 314 g/mol. The van der Waals surface area contributed by atoms with Crippen LogP contribution in [0.15, 0.2) is 18.2 Å². The summed E-state index contributed by atoms with van der Waals surface area (Å²) in [4.78, 5) is 31.3. The summed E-state index contributed by atoms with van der Waals surface area (Å²) in [5, 5.41) is 10.7. The standard InChI is InChI=1S/C16H25NO5Si/c1-16(2,23(3,4)21)9-5-6-10-22-14-7-8-15(17(19)20)13(11-14)12-18/h7-8,11-12,21H,5-6,9-10H2,1-4H3. The molecule has 23 heavy (non-hydrogen) atoms. The molecule has 1 N–H and O–H groups in total. The average Bonchev–Trinajstić information content (AvgIpc) is 2.45. The fourth-order valence-electron chi connectivity index (χ4n) is 2.05. The molecule has 0 aliphatic rings. The predicted octanol–water partition coefficient (Wildman–Crippen LogP) is 3.93. The number of hydrogen-bond donors (Lipinski definition) is 1. The number of benzene rings is 1. The van der Waals surface area contributed by atoms with E-state index in [-0.39, 0.29) is 16.3 Å². The summed E-state index contributed by atoms with van der Waals surface area (Å²) in [7, 11) is -2.18. The molecule has 7 heteroatoms. The number of carbonyl (C=O) groups is 1. The zero-order valence-electron chi connectivity index (χ0n) is 14.2. The van der Waals surface area contributed by atoms with Gasteiger partial charge in [-0.15, -0.1) is 0 Å². The van der Waals surface area contributed by atoms with Crippen molar-refractivity contribution in [2.45, 2.75) is 51.2 Å². The Morgan fingerprint density at radius 1 is 1.35 bits per heavy atom. The van der Waals surface area contributed by atoms with E-state index in [1.807, 2.05) is 13.1 Å². The van der Waals surface area contributed by atoms with Crippen LogP contribution in [0.25, 0.3) is 0 Å². The molecule has 1 aromatic rings. The van der Waals surface area contributed by atoms with Crippen LogP contribution in [0.3, 0.4) is 0 Å². The van der Waals surface area contributed by atoms with Crippen molar-refractivity contribution in [2.24, 2.45) is 0 Å². The number of nitrogens with zero attached hydrogens (tertiary/aromatic N) is 1. The Hall–Kier alpha value is -1.73. The maximum atomic E-state index is 10.9. The van der Waals surface area contributed by atoms with Gasteiger partial charge in [0.05, 0.1) is 17.1 Å². The first-order chi connectivity index (χ1) is 10.6. The number of aldehydes is 1. The number of carbonyl (C=O) groups excluding carboxylic acids is 1. The third-order valence-electron chi connectivity index (χ3n) is 4.44. The molecule has 0 saturated carbocycles. The van der Waals surface area contributed by atoms with E-state index >= 15 is 0 Å². The van der Waals surface area contributed by atoms with E-state index in [0.29, 0.717) is 18.6 Å². The average molecular weight is 339 g/mol. The van der Waals surface area contributed by atoms with Gasteiger partial charge in [-0.3, -0.25) is 14.9 Å². The summed E-state index contributed by atoms with van der Waals surface area (Å²) in [6.45, 7) is 8.54. The van der Waals surface area contributed by atoms with Crippen LogP contribution < -0.4 is 4.74 Å². The van der Waals surface area contributed by atoms with E-state index in [9.17, 15) is 19.7 Å². The molecule has 0 spiro atoms. The van der Waals surface area contributed by atoms with Crippen molar-refractivity contribution in [3.8, 4) is 5.75 Å². The Morgan fingerprint density at radius 3 is 2.52 bits per heavy atom. The van der Waals surface area contributed by atoms with Crippen LogP contribution in [0.1, 0.15) is 43.5 Å². The highest BCUT2D eigenvalue weighted by atomic mass is 28.4. The molecule has 0 aromatic heterocycles. The molecule has 0 saturated heterocycles. The fraction of sp³-hybridized carbons (Fsp3) is 0.562. The van der Waals surface area contributed by atoms with Crippen LogP contribution >= 0.6 is 0 Å². The molecule has 0 fully saturated rings. The third-order valence-corrected chi connectivity index (χ3v) is 8.01. The minimum absolute atomic E-state index is 0.0154. The monoisotopic (exact) mass is 339 g/mol. The minimum atomic E-state index is -2.18. The van der Waals surface area contributed by atoms with Crippen molar-refractivity contribution < 1.29 is 19.3 Å². The molecule has 6 nitrogen and oxygen atoms in total. The largest absolute Gasteiger partial charge is 0.494 e. The molecule has 0 radical (unpaired) electrons. The summed E-state index contributed by atoms with van der Waals surface area (Å²) in [6, 6.07) is 4.17. The van der Waals surface area contributed by atoms with Gasteiger partial charge in [-0.2, -0.15) is 0 Å². The minimum Gasteiger partial charge on any atom is -0.494 e. The van der Waals surface area contributed by atoms with E-state index in [0.717, 1.165) is 19.3 Å². The normalized spacial score (nSPS) is 12.0. The van der Waals surface area contributed by atoms with E-state index in [1.165, 1.54) is 18.2 Å². The topological polar surface area (TPSA) is 89.7 Å². The maximum absolute atomic E-state index is 10.9. The molecule has 0 unspecified atom stereocenters. The zero-order valence-corrected chi connectivity index (χ0v) is 15.2. The van der Waals surface area contributed by atoms with Crippen molar-refractivity contribution in [1.82, 2.24) is 0 Å². The fourth-order valence-corrected chi connectivity index (χ4v) is 2.84. The summed E-state index contributed by atoms with van der Waals surface area (Å²) in [5.74, 6) is 0.453. The van der Waals surface area contributed by atoms with Gasteiger partial charge in [0.15, 0.2) is 14.6 Å². The second-order valence-electron chi connectivity index (χ2n) is 6.84. The number of nitro benzene ring substituents is 1. The third kappa shape index (κ3) is 5.44. The molecule has 0 amide bonds. The Morgan fingerprint density at radius 2 is 2.00 bits per heavy atom. The molecule has 0 atom stereocenters. The molecule has 0 aliphatic carbocycles. The Bertz CT molecular complexity index is 566. The van der Waals surface area contributed by atoms with Gasteiger partial charge < -0.3 is 9.53 Å². The van der Waals surface area contributed by atoms with Crippen LogP contribution in [0.5, 0.6) is 5.75 Å². The van der Waals surface area contributed by atoms with Crippen molar-refractivity contribution in [3.05, 3.63) is 33.9 Å². The Balaban J connectivity index is 2.48. The van der Waals surface area contributed by atoms with Gasteiger partial charge in [0.1, 0.15) is 5.75 Å².